The van der Waals surface area contributed by atoms with Gasteiger partial charge in [0, 0.05) is 31.1 Å². The predicted octanol–water partition coefficient (Wildman–Crippen LogP) is 1.34. The van der Waals surface area contributed by atoms with Gasteiger partial charge in [0.1, 0.15) is 0 Å². The van der Waals surface area contributed by atoms with Crippen molar-refractivity contribution in [2.24, 2.45) is 10.9 Å². The summed E-state index contributed by atoms with van der Waals surface area (Å²) in [6.07, 6.45) is 1.96. The summed E-state index contributed by atoms with van der Waals surface area (Å²) in [4.78, 5) is 16.4. The minimum atomic E-state index is -3.65. The number of aliphatic imine (C=N–C) groups is 1. The molecular formula is C20H33N5O3S. The summed E-state index contributed by atoms with van der Waals surface area (Å²) in [5.74, 6) is 0.875. The van der Waals surface area contributed by atoms with Crippen molar-refractivity contribution in [2.45, 2.75) is 57.5 Å². The van der Waals surface area contributed by atoms with Gasteiger partial charge in [-0.05, 0) is 52.2 Å². The van der Waals surface area contributed by atoms with Crippen molar-refractivity contribution in [2.75, 3.05) is 19.6 Å². The lowest BCUT2D eigenvalue weighted by Gasteiger charge is -2.21. The molecule has 1 aliphatic rings. The van der Waals surface area contributed by atoms with E-state index in [-0.39, 0.29) is 23.3 Å². The molecule has 1 amide bonds. The van der Waals surface area contributed by atoms with E-state index in [2.05, 4.69) is 25.7 Å². The normalized spacial score (nSPS) is 15.1. The Labute approximate surface area is 174 Å². The average Bonchev–Trinajstić information content (AvgIpc) is 3.46. The third kappa shape index (κ3) is 8.02. The Kier molecular flexibility index (Phi) is 8.04. The van der Waals surface area contributed by atoms with E-state index in [9.17, 15) is 13.2 Å². The molecule has 0 bridgehead atoms. The molecule has 0 aromatic heterocycles. The van der Waals surface area contributed by atoms with E-state index in [4.69, 9.17) is 0 Å². The first kappa shape index (κ1) is 23.2. The molecular weight excluding hydrogens is 390 g/mol. The highest BCUT2D eigenvalue weighted by molar-refractivity contribution is 7.89. The van der Waals surface area contributed by atoms with Crippen LogP contribution in [0.25, 0.3) is 0 Å². The van der Waals surface area contributed by atoms with Crippen molar-refractivity contribution in [3.63, 3.8) is 0 Å². The summed E-state index contributed by atoms with van der Waals surface area (Å²) in [6, 6.07) is 6.86. The molecule has 4 N–H and O–H groups in total. The van der Waals surface area contributed by atoms with Gasteiger partial charge in [-0.1, -0.05) is 18.2 Å². The number of nitrogens with one attached hydrogen (secondary N) is 4. The lowest BCUT2D eigenvalue weighted by atomic mass is 10.1. The average molecular weight is 424 g/mol. The molecule has 162 valence electrons. The molecule has 1 aromatic rings. The lowest BCUT2D eigenvalue weighted by Crippen LogP contribution is -2.42. The maximum Gasteiger partial charge on any atom is 0.241 e. The van der Waals surface area contributed by atoms with Gasteiger partial charge in [-0.25, -0.2) is 18.1 Å². The zero-order valence-electron chi connectivity index (χ0n) is 17.7. The molecule has 0 radical (unpaired) electrons. The van der Waals surface area contributed by atoms with Gasteiger partial charge >= 0.3 is 0 Å². The predicted molar refractivity (Wildman–Crippen MR) is 115 cm³/mol. The van der Waals surface area contributed by atoms with Crippen molar-refractivity contribution >= 4 is 21.9 Å². The lowest BCUT2D eigenvalue weighted by molar-refractivity contribution is -0.122. The number of sulfonamides is 1. The van der Waals surface area contributed by atoms with Crippen molar-refractivity contribution in [3.05, 3.63) is 29.8 Å². The summed E-state index contributed by atoms with van der Waals surface area (Å²) in [5.41, 5.74) is 0.0415. The second-order valence-electron chi connectivity index (χ2n) is 8.15. The van der Waals surface area contributed by atoms with Gasteiger partial charge in [0.25, 0.3) is 0 Å². The van der Waals surface area contributed by atoms with E-state index in [0.717, 1.165) is 12.8 Å². The van der Waals surface area contributed by atoms with Gasteiger partial charge < -0.3 is 16.0 Å². The van der Waals surface area contributed by atoms with Crippen LogP contribution in [0.4, 0.5) is 0 Å². The minimum Gasteiger partial charge on any atom is -0.357 e. The number of benzene rings is 1. The summed E-state index contributed by atoms with van der Waals surface area (Å²) >= 11 is 0. The molecule has 1 fully saturated rings. The SMILES string of the molecule is CCNC(=NCc1ccccc1S(=O)(=O)NC(C)(C)C)NCCNC(=O)C1CC1. The van der Waals surface area contributed by atoms with Crippen LogP contribution in [0.2, 0.25) is 0 Å². The van der Waals surface area contributed by atoms with Crippen LogP contribution in [0.3, 0.4) is 0 Å². The molecule has 0 saturated heterocycles. The fourth-order valence-electron chi connectivity index (χ4n) is 2.72. The standard InChI is InChI=1S/C20H33N5O3S/c1-5-21-19(23-13-12-22-18(26)15-10-11-15)24-14-16-8-6-7-9-17(16)29(27,28)25-20(2,3)4/h6-9,15,25H,5,10-14H2,1-4H3,(H,22,26)(H2,21,23,24). The molecule has 1 aromatic carbocycles. The maximum absolute atomic E-state index is 12.7. The largest absolute Gasteiger partial charge is 0.357 e. The zero-order chi connectivity index (χ0) is 21.5. The third-order valence-corrected chi connectivity index (χ3v) is 5.98. The van der Waals surface area contributed by atoms with Crippen LogP contribution in [-0.4, -0.2) is 45.5 Å². The highest BCUT2D eigenvalue weighted by atomic mass is 32.2. The van der Waals surface area contributed by atoms with Crippen LogP contribution in [0.15, 0.2) is 34.2 Å². The number of rotatable bonds is 9. The first-order chi connectivity index (χ1) is 13.6. The number of guanidine groups is 1. The summed E-state index contributed by atoms with van der Waals surface area (Å²) < 4.78 is 28.2. The van der Waals surface area contributed by atoms with Gasteiger partial charge in [0.2, 0.25) is 15.9 Å². The van der Waals surface area contributed by atoms with Crippen LogP contribution in [0, 0.1) is 5.92 Å². The first-order valence-corrected chi connectivity index (χ1v) is 11.5. The van der Waals surface area contributed by atoms with Crippen LogP contribution in [0.5, 0.6) is 0 Å². The van der Waals surface area contributed by atoms with Gasteiger partial charge in [-0.2, -0.15) is 0 Å². The Hall–Kier alpha value is -2.13. The molecule has 9 heteroatoms. The van der Waals surface area contributed by atoms with Gasteiger partial charge in [0.05, 0.1) is 11.4 Å². The highest BCUT2D eigenvalue weighted by Gasteiger charge is 2.29. The first-order valence-electron chi connectivity index (χ1n) is 10.0. The van der Waals surface area contributed by atoms with E-state index < -0.39 is 15.6 Å². The quantitative estimate of drug-likeness (QED) is 0.272. The maximum atomic E-state index is 12.7. The molecule has 0 spiro atoms. The van der Waals surface area contributed by atoms with Crippen molar-refractivity contribution in [3.8, 4) is 0 Å². The molecule has 29 heavy (non-hydrogen) atoms. The van der Waals surface area contributed by atoms with Crippen molar-refractivity contribution in [1.29, 1.82) is 0 Å². The summed E-state index contributed by atoms with van der Waals surface area (Å²) in [7, 11) is -3.65. The van der Waals surface area contributed by atoms with Crippen molar-refractivity contribution < 1.29 is 13.2 Å². The molecule has 8 nitrogen and oxygen atoms in total. The summed E-state index contributed by atoms with van der Waals surface area (Å²) in [6.45, 7) is 9.31. The van der Waals surface area contributed by atoms with E-state index in [1.54, 1.807) is 45.0 Å². The molecule has 0 atom stereocenters. The van der Waals surface area contributed by atoms with Crippen LogP contribution >= 0.6 is 0 Å². The Morgan fingerprint density at radius 1 is 1.10 bits per heavy atom. The number of carbonyl (C=O) groups is 1. The molecule has 1 aliphatic carbocycles. The van der Waals surface area contributed by atoms with Crippen LogP contribution in [-0.2, 0) is 21.4 Å². The Morgan fingerprint density at radius 2 is 1.76 bits per heavy atom. The van der Waals surface area contributed by atoms with Gasteiger partial charge in [-0.3, -0.25) is 4.79 Å². The molecule has 1 saturated carbocycles. The molecule has 0 heterocycles. The van der Waals surface area contributed by atoms with Crippen LogP contribution in [0.1, 0.15) is 46.1 Å². The number of nitrogens with zero attached hydrogens (tertiary/aromatic N) is 1. The molecule has 0 aliphatic heterocycles. The second kappa shape index (κ2) is 10.1. The Balaban J connectivity index is 2.01. The van der Waals surface area contributed by atoms with Crippen molar-refractivity contribution in [1.82, 2.24) is 20.7 Å². The van der Waals surface area contributed by atoms with E-state index >= 15 is 0 Å². The summed E-state index contributed by atoms with van der Waals surface area (Å²) in [5, 5.41) is 9.19. The van der Waals surface area contributed by atoms with Gasteiger partial charge in [0.15, 0.2) is 5.96 Å². The number of hydrogen-bond acceptors (Lipinski definition) is 4. The van der Waals surface area contributed by atoms with E-state index in [0.29, 0.717) is 31.2 Å². The number of amides is 1. The third-order valence-electron chi connectivity index (χ3n) is 4.12. The fraction of sp³-hybridized carbons (Fsp3) is 0.600. The van der Waals surface area contributed by atoms with Crippen LogP contribution < -0.4 is 20.7 Å². The smallest absolute Gasteiger partial charge is 0.241 e. The molecule has 2 rings (SSSR count). The number of carbonyl (C=O) groups excluding carboxylic acids is 1. The van der Waals surface area contributed by atoms with E-state index in [1.807, 2.05) is 6.92 Å². The zero-order valence-corrected chi connectivity index (χ0v) is 18.5. The Bertz CT molecular complexity index is 827. The monoisotopic (exact) mass is 423 g/mol. The number of hydrogen-bond donors (Lipinski definition) is 4. The highest BCUT2D eigenvalue weighted by Crippen LogP contribution is 2.28. The van der Waals surface area contributed by atoms with Gasteiger partial charge in [-0.15, -0.1) is 0 Å². The Morgan fingerprint density at radius 3 is 2.38 bits per heavy atom. The van der Waals surface area contributed by atoms with E-state index in [1.165, 1.54) is 0 Å². The fourth-order valence-corrected chi connectivity index (χ4v) is 4.37. The minimum absolute atomic E-state index is 0.110. The second-order valence-corrected chi connectivity index (χ2v) is 9.80. The molecule has 0 unspecified atom stereocenters. The topological polar surface area (TPSA) is 112 Å².